The van der Waals surface area contributed by atoms with E-state index in [2.05, 4.69) is 20.2 Å². The zero-order valence-electron chi connectivity index (χ0n) is 13.5. The highest BCUT2D eigenvalue weighted by Gasteiger charge is 2.22. The van der Waals surface area contributed by atoms with Crippen LogP contribution >= 0.6 is 0 Å². The summed E-state index contributed by atoms with van der Waals surface area (Å²) in [5.74, 6) is 0.724. The maximum absolute atomic E-state index is 12.4. The number of carbonyl (C=O) groups is 1. The highest BCUT2D eigenvalue weighted by Crippen LogP contribution is 2.17. The number of hydrogen-bond donors (Lipinski definition) is 1. The number of aryl methyl sites for hydroxylation is 2. The molecule has 6 nitrogen and oxygen atoms in total. The Morgan fingerprint density at radius 1 is 1.09 bits per heavy atom. The molecule has 0 aliphatic carbocycles. The van der Waals surface area contributed by atoms with Gasteiger partial charge in [-0.3, -0.25) is 0 Å². The van der Waals surface area contributed by atoms with Crippen LogP contribution in [0.2, 0.25) is 0 Å². The fourth-order valence-electron chi connectivity index (χ4n) is 2.63. The number of amides is 2. The van der Waals surface area contributed by atoms with E-state index in [0.717, 1.165) is 35.9 Å². The van der Waals surface area contributed by atoms with Crippen molar-refractivity contribution in [1.82, 2.24) is 14.9 Å². The highest BCUT2D eigenvalue weighted by molar-refractivity contribution is 5.90. The molecular weight excluding hydrogens is 290 g/mol. The second kappa shape index (κ2) is 6.64. The molecule has 0 bridgehead atoms. The lowest BCUT2D eigenvalue weighted by molar-refractivity contribution is 0.208. The summed E-state index contributed by atoms with van der Waals surface area (Å²) in [6.07, 6.45) is 3.48. The minimum Gasteiger partial charge on any atom is -0.337 e. The molecule has 6 heteroatoms. The van der Waals surface area contributed by atoms with Gasteiger partial charge in [-0.15, -0.1) is 0 Å². The largest absolute Gasteiger partial charge is 0.337 e. The van der Waals surface area contributed by atoms with E-state index in [1.165, 1.54) is 0 Å². The van der Waals surface area contributed by atoms with Crippen LogP contribution in [-0.4, -0.2) is 47.1 Å². The molecule has 0 spiro atoms. The molecule has 120 valence electrons. The molecule has 1 N–H and O–H groups in total. The molecule has 1 saturated heterocycles. The van der Waals surface area contributed by atoms with Crippen LogP contribution in [0, 0.1) is 13.8 Å². The second-order valence-corrected chi connectivity index (χ2v) is 5.77. The van der Waals surface area contributed by atoms with Crippen molar-refractivity contribution in [2.24, 2.45) is 0 Å². The van der Waals surface area contributed by atoms with Gasteiger partial charge in [-0.05, 0) is 37.1 Å². The molecule has 0 saturated carbocycles. The molecule has 1 fully saturated rings. The van der Waals surface area contributed by atoms with Gasteiger partial charge in [-0.2, -0.15) is 0 Å². The molecule has 3 rings (SSSR count). The molecule has 2 amide bonds. The minimum atomic E-state index is -0.0488. The van der Waals surface area contributed by atoms with Crippen molar-refractivity contribution in [2.45, 2.75) is 13.8 Å². The summed E-state index contributed by atoms with van der Waals surface area (Å²) < 4.78 is 0. The van der Waals surface area contributed by atoms with E-state index >= 15 is 0 Å². The summed E-state index contributed by atoms with van der Waals surface area (Å²) in [4.78, 5) is 24.9. The maximum Gasteiger partial charge on any atom is 0.321 e. The Morgan fingerprint density at radius 2 is 1.78 bits per heavy atom. The van der Waals surface area contributed by atoms with Gasteiger partial charge in [0.15, 0.2) is 0 Å². The van der Waals surface area contributed by atoms with Crippen molar-refractivity contribution < 1.29 is 4.79 Å². The number of rotatable bonds is 2. The highest BCUT2D eigenvalue weighted by atomic mass is 16.2. The minimum absolute atomic E-state index is 0.0488. The Labute approximate surface area is 136 Å². The quantitative estimate of drug-likeness (QED) is 0.925. The SMILES string of the molecule is Cc1ccc(C)c(NC(=O)N2CCN(c3ncccn3)CC2)c1. The van der Waals surface area contributed by atoms with Crippen LogP contribution in [0.25, 0.3) is 0 Å². The van der Waals surface area contributed by atoms with E-state index < -0.39 is 0 Å². The number of nitrogens with zero attached hydrogens (tertiary/aromatic N) is 4. The molecule has 1 aromatic carbocycles. The van der Waals surface area contributed by atoms with Crippen molar-refractivity contribution in [2.75, 3.05) is 36.4 Å². The predicted molar refractivity (Wildman–Crippen MR) is 90.8 cm³/mol. The number of piperazine rings is 1. The van der Waals surface area contributed by atoms with Crippen molar-refractivity contribution in [3.8, 4) is 0 Å². The Morgan fingerprint density at radius 3 is 2.48 bits per heavy atom. The van der Waals surface area contributed by atoms with Crippen LogP contribution < -0.4 is 10.2 Å². The third-order valence-corrected chi connectivity index (χ3v) is 4.04. The number of anilines is 2. The lowest BCUT2D eigenvalue weighted by atomic mass is 10.1. The van der Waals surface area contributed by atoms with Gasteiger partial charge in [0.25, 0.3) is 0 Å². The molecule has 23 heavy (non-hydrogen) atoms. The van der Waals surface area contributed by atoms with Crippen LogP contribution in [0.1, 0.15) is 11.1 Å². The maximum atomic E-state index is 12.4. The second-order valence-electron chi connectivity index (χ2n) is 5.77. The van der Waals surface area contributed by atoms with E-state index in [1.54, 1.807) is 18.5 Å². The number of nitrogens with one attached hydrogen (secondary N) is 1. The van der Waals surface area contributed by atoms with Gasteiger partial charge in [0, 0.05) is 44.3 Å². The third kappa shape index (κ3) is 3.59. The third-order valence-electron chi connectivity index (χ3n) is 4.04. The molecule has 0 radical (unpaired) electrons. The fraction of sp³-hybridized carbons (Fsp3) is 0.353. The molecule has 1 aliphatic heterocycles. The van der Waals surface area contributed by atoms with Crippen molar-refractivity contribution >= 4 is 17.7 Å². The zero-order valence-corrected chi connectivity index (χ0v) is 13.5. The van der Waals surface area contributed by atoms with Crippen LogP contribution in [0.4, 0.5) is 16.4 Å². The first-order chi connectivity index (χ1) is 11.1. The van der Waals surface area contributed by atoms with Gasteiger partial charge in [0.1, 0.15) is 0 Å². The molecule has 1 aliphatic rings. The summed E-state index contributed by atoms with van der Waals surface area (Å²) >= 11 is 0. The number of hydrogen-bond acceptors (Lipinski definition) is 4. The van der Waals surface area contributed by atoms with Gasteiger partial charge in [0.05, 0.1) is 0 Å². The lowest BCUT2D eigenvalue weighted by Gasteiger charge is -2.34. The zero-order chi connectivity index (χ0) is 16.2. The van der Waals surface area contributed by atoms with Crippen molar-refractivity contribution in [3.05, 3.63) is 47.8 Å². The summed E-state index contributed by atoms with van der Waals surface area (Å²) in [6.45, 7) is 6.83. The normalized spacial score (nSPS) is 14.7. The number of benzene rings is 1. The molecule has 2 heterocycles. The standard InChI is InChI=1S/C17H21N5O/c1-13-4-5-14(2)15(12-13)20-17(23)22-10-8-21(9-11-22)16-18-6-3-7-19-16/h3-7,12H,8-11H2,1-2H3,(H,20,23). The first-order valence-corrected chi connectivity index (χ1v) is 7.78. The monoisotopic (exact) mass is 311 g/mol. The summed E-state index contributed by atoms with van der Waals surface area (Å²) in [6, 6.07) is 7.82. The Hall–Kier alpha value is -2.63. The lowest BCUT2D eigenvalue weighted by Crippen LogP contribution is -2.50. The van der Waals surface area contributed by atoms with Crippen molar-refractivity contribution in [3.63, 3.8) is 0 Å². The number of urea groups is 1. The van der Waals surface area contributed by atoms with Crippen molar-refractivity contribution in [1.29, 1.82) is 0 Å². The topological polar surface area (TPSA) is 61.4 Å². The molecule has 2 aromatic rings. The van der Waals surface area contributed by atoms with Gasteiger partial charge in [-0.1, -0.05) is 12.1 Å². The van der Waals surface area contributed by atoms with E-state index in [9.17, 15) is 4.79 Å². The number of carbonyl (C=O) groups excluding carboxylic acids is 1. The fourth-order valence-corrected chi connectivity index (χ4v) is 2.63. The molecule has 0 unspecified atom stereocenters. The smallest absolute Gasteiger partial charge is 0.321 e. The van der Waals surface area contributed by atoms with Crippen LogP contribution in [-0.2, 0) is 0 Å². The molecule has 0 atom stereocenters. The average Bonchev–Trinajstić information content (AvgIpc) is 2.59. The van der Waals surface area contributed by atoms with Gasteiger partial charge < -0.3 is 15.1 Å². The van der Waals surface area contributed by atoms with Crippen LogP contribution in [0.5, 0.6) is 0 Å². The first kappa shape index (κ1) is 15.3. The summed E-state index contributed by atoms with van der Waals surface area (Å²) in [5, 5.41) is 3.01. The van der Waals surface area contributed by atoms with E-state index in [4.69, 9.17) is 0 Å². The summed E-state index contributed by atoms with van der Waals surface area (Å²) in [7, 11) is 0. The average molecular weight is 311 g/mol. The van der Waals surface area contributed by atoms with Gasteiger partial charge in [-0.25, -0.2) is 14.8 Å². The van der Waals surface area contributed by atoms with Crippen LogP contribution in [0.15, 0.2) is 36.7 Å². The van der Waals surface area contributed by atoms with Crippen LogP contribution in [0.3, 0.4) is 0 Å². The Kier molecular flexibility index (Phi) is 4.41. The van der Waals surface area contributed by atoms with Gasteiger partial charge in [0.2, 0.25) is 5.95 Å². The van der Waals surface area contributed by atoms with E-state index in [-0.39, 0.29) is 6.03 Å². The number of aromatic nitrogens is 2. The van der Waals surface area contributed by atoms with E-state index in [0.29, 0.717) is 13.1 Å². The Bertz CT molecular complexity index is 681. The predicted octanol–water partition coefficient (Wildman–Crippen LogP) is 2.45. The Balaban J connectivity index is 1.59. The molecular formula is C17H21N5O. The first-order valence-electron chi connectivity index (χ1n) is 7.78. The molecule has 1 aromatic heterocycles. The summed E-state index contributed by atoms with van der Waals surface area (Å²) in [5.41, 5.74) is 3.08. The van der Waals surface area contributed by atoms with E-state index in [1.807, 2.05) is 36.9 Å². The van der Waals surface area contributed by atoms with Gasteiger partial charge >= 0.3 is 6.03 Å².